The van der Waals surface area contributed by atoms with Gasteiger partial charge in [0.25, 0.3) is 0 Å². The Labute approximate surface area is 85.0 Å². The summed E-state index contributed by atoms with van der Waals surface area (Å²) < 4.78 is 0. The molecule has 0 aromatic carbocycles. The molecule has 2 rings (SSSR count). The average Bonchev–Trinajstić information content (AvgIpc) is 2.52. The zero-order valence-electron chi connectivity index (χ0n) is 8.92. The molecular formula is C10H19N3O. The van der Waals surface area contributed by atoms with Gasteiger partial charge in [-0.05, 0) is 26.7 Å². The fourth-order valence-electron chi connectivity index (χ4n) is 2.54. The molecule has 0 aromatic heterocycles. The van der Waals surface area contributed by atoms with Crippen LogP contribution in [0.4, 0.5) is 4.79 Å². The van der Waals surface area contributed by atoms with Gasteiger partial charge in [0.15, 0.2) is 0 Å². The largest absolute Gasteiger partial charge is 0.336 e. The standard InChI is InChI=1S/C10H19N3O/c1-7-3-4-9(8(2)12-7)13-6-5-11-10(13)14/h7-9,12H,3-6H2,1-2H3,(H,11,14). The lowest BCUT2D eigenvalue weighted by molar-refractivity contribution is 0.153. The average molecular weight is 197 g/mol. The molecule has 0 bridgehead atoms. The fraction of sp³-hybridized carbons (Fsp3) is 0.900. The number of carbonyl (C=O) groups is 1. The first-order valence-corrected chi connectivity index (χ1v) is 5.49. The second-order valence-electron chi connectivity index (χ2n) is 4.43. The van der Waals surface area contributed by atoms with Crippen LogP contribution in [-0.4, -0.2) is 42.1 Å². The number of amides is 2. The van der Waals surface area contributed by atoms with Crippen LogP contribution >= 0.6 is 0 Å². The zero-order chi connectivity index (χ0) is 10.1. The van der Waals surface area contributed by atoms with Gasteiger partial charge in [-0.15, -0.1) is 0 Å². The molecule has 4 heteroatoms. The third-order valence-electron chi connectivity index (χ3n) is 3.31. The molecule has 2 aliphatic rings. The molecule has 3 atom stereocenters. The van der Waals surface area contributed by atoms with E-state index >= 15 is 0 Å². The van der Waals surface area contributed by atoms with Crippen LogP contribution in [0.1, 0.15) is 26.7 Å². The summed E-state index contributed by atoms with van der Waals surface area (Å²) in [6.07, 6.45) is 2.29. The molecule has 2 aliphatic heterocycles. The molecule has 2 saturated heterocycles. The fourth-order valence-corrected chi connectivity index (χ4v) is 2.54. The van der Waals surface area contributed by atoms with Crippen LogP contribution in [0, 0.1) is 0 Å². The van der Waals surface area contributed by atoms with Crippen LogP contribution in [0.5, 0.6) is 0 Å². The lowest BCUT2D eigenvalue weighted by Gasteiger charge is -2.38. The predicted molar refractivity (Wildman–Crippen MR) is 55.2 cm³/mol. The summed E-state index contributed by atoms with van der Waals surface area (Å²) in [7, 11) is 0. The predicted octanol–water partition coefficient (Wildman–Crippen LogP) is 0.541. The molecule has 0 radical (unpaired) electrons. The van der Waals surface area contributed by atoms with E-state index < -0.39 is 0 Å². The van der Waals surface area contributed by atoms with Gasteiger partial charge >= 0.3 is 6.03 Å². The van der Waals surface area contributed by atoms with Crippen molar-refractivity contribution in [2.45, 2.75) is 44.8 Å². The van der Waals surface area contributed by atoms with Gasteiger partial charge in [-0.2, -0.15) is 0 Å². The highest BCUT2D eigenvalue weighted by atomic mass is 16.2. The summed E-state index contributed by atoms with van der Waals surface area (Å²) >= 11 is 0. The number of piperidine rings is 1. The quantitative estimate of drug-likeness (QED) is 0.644. The molecule has 4 nitrogen and oxygen atoms in total. The van der Waals surface area contributed by atoms with Crippen LogP contribution in [0.25, 0.3) is 0 Å². The molecule has 0 saturated carbocycles. The van der Waals surface area contributed by atoms with E-state index in [2.05, 4.69) is 24.5 Å². The summed E-state index contributed by atoms with van der Waals surface area (Å²) in [6, 6.07) is 1.50. The van der Waals surface area contributed by atoms with E-state index in [4.69, 9.17) is 0 Å². The van der Waals surface area contributed by atoms with Crippen molar-refractivity contribution in [3.8, 4) is 0 Å². The Morgan fingerprint density at radius 2 is 2.14 bits per heavy atom. The van der Waals surface area contributed by atoms with Gasteiger partial charge in [0.05, 0.1) is 0 Å². The third kappa shape index (κ3) is 1.71. The van der Waals surface area contributed by atoms with Gasteiger partial charge < -0.3 is 15.5 Å². The number of rotatable bonds is 1. The van der Waals surface area contributed by atoms with Crippen molar-refractivity contribution in [2.24, 2.45) is 0 Å². The molecule has 14 heavy (non-hydrogen) atoms. The van der Waals surface area contributed by atoms with Crippen molar-refractivity contribution < 1.29 is 4.79 Å². The van der Waals surface area contributed by atoms with Gasteiger partial charge in [0, 0.05) is 31.2 Å². The monoisotopic (exact) mass is 197 g/mol. The number of hydrogen-bond acceptors (Lipinski definition) is 2. The van der Waals surface area contributed by atoms with E-state index in [9.17, 15) is 4.79 Å². The lowest BCUT2D eigenvalue weighted by atomic mass is 9.94. The van der Waals surface area contributed by atoms with Crippen LogP contribution < -0.4 is 10.6 Å². The molecule has 0 aromatic rings. The van der Waals surface area contributed by atoms with Gasteiger partial charge in [0.1, 0.15) is 0 Å². The Balaban J connectivity index is 2.00. The van der Waals surface area contributed by atoms with Gasteiger partial charge in [-0.1, -0.05) is 0 Å². The SMILES string of the molecule is CC1CCC(N2CCNC2=O)C(C)N1. The van der Waals surface area contributed by atoms with E-state index in [1.54, 1.807) is 0 Å². The van der Waals surface area contributed by atoms with Crippen LogP contribution in [0.3, 0.4) is 0 Å². The summed E-state index contributed by atoms with van der Waals surface area (Å²) in [5, 5.41) is 6.36. The normalized spacial score (nSPS) is 38.6. The molecule has 2 amide bonds. The van der Waals surface area contributed by atoms with Crippen molar-refractivity contribution in [3.63, 3.8) is 0 Å². The van der Waals surface area contributed by atoms with Crippen LogP contribution in [0.15, 0.2) is 0 Å². The van der Waals surface area contributed by atoms with Gasteiger partial charge in [-0.3, -0.25) is 0 Å². The number of nitrogens with one attached hydrogen (secondary N) is 2. The first-order valence-electron chi connectivity index (χ1n) is 5.49. The molecule has 2 N–H and O–H groups in total. The summed E-state index contributed by atoms with van der Waals surface area (Å²) in [5.74, 6) is 0. The van der Waals surface area contributed by atoms with E-state index in [0.717, 1.165) is 19.5 Å². The molecule has 2 fully saturated rings. The number of nitrogens with zero attached hydrogens (tertiary/aromatic N) is 1. The van der Waals surface area contributed by atoms with E-state index in [0.29, 0.717) is 18.1 Å². The summed E-state index contributed by atoms with van der Waals surface area (Å²) in [6.45, 7) is 6.05. The number of carbonyl (C=O) groups excluding carboxylic acids is 1. The first-order chi connectivity index (χ1) is 6.68. The molecular weight excluding hydrogens is 178 g/mol. The summed E-state index contributed by atoms with van der Waals surface area (Å²) in [5.41, 5.74) is 0. The minimum Gasteiger partial charge on any atom is -0.336 e. The smallest absolute Gasteiger partial charge is 0.317 e. The highest BCUT2D eigenvalue weighted by Crippen LogP contribution is 2.20. The Kier molecular flexibility index (Phi) is 2.63. The minimum absolute atomic E-state index is 0.109. The Morgan fingerprint density at radius 3 is 2.71 bits per heavy atom. The van der Waals surface area contributed by atoms with Crippen molar-refractivity contribution in [3.05, 3.63) is 0 Å². The third-order valence-corrected chi connectivity index (χ3v) is 3.31. The van der Waals surface area contributed by atoms with E-state index in [-0.39, 0.29) is 6.03 Å². The molecule has 80 valence electrons. The lowest BCUT2D eigenvalue weighted by Crippen LogP contribution is -2.55. The van der Waals surface area contributed by atoms with Crippen molar-refractivity contribution in [1.29, 1.82) is 0 Å². The van der Waals surface area contributed by atoms with Crippen molar-refractivity contribution in [1.82, 2.24) is 15.5 Å². The maximum absolute atomic E-state index is 11.5. The van der Waals surface area contributed by atoms with Gasteiger partial charge in [0.2, 0.25) is 0 Å². The minimum atomic E-state index is 0.109. The van der Waals surface area contributed by atoms with Crippen molar-refractivity contribution >= 4 is 6.03 Å². The highest BCUT2D eigenvalue weighted by Gasteiger charge is 2.34. The first kappa shape index (κ1) is 9.77. The van der Waals surface area contributed by atoms with E-state index in [1.165, 1.54) is 6.42 Å². The Morgan fingerprint density at radius 1 is 1.36 bits per heavy atom. The van der Waals surface area contributed by atoms with Crippen LogP contribution in [0.2, 0.25) is 0 Å². The molecule has 3 unspecified atom stereocenters. The second-order valence-corrected chi connectivity index (χ2v) is 4.43. The second kappa shape index (κ2) is 3.77. The summed E-state index contributed by atoms with van der Waals surface area (Å²) in [4.78, 5) is 13.5. The van der Waals surface area contributed by atoms with Crippen LogP contribution in [-0.2, 0) is 0 Å². The zero-order valence-corrected chi connectivity index (χ0v) is 8.92. The molecule has 0 aliphatic carbocycles. The Hall–Kier alpha value is -0.770. The Bertz CT molecular complexity index is 231. The van der Waals surface area contributed by atoms with E-state index in [1.807, 2.05) is 4.90 Å². The maximum atomic E-state index is 11.5. The molecule has 0 spiro atoms. The highest BCUT2D eigenvalue weighted by molar-refractivity contribution is 5.76. The van der Waals surface area contributed by atoms with Crippen molar-refractivity contribution in [2.75, 3.05) is 13.1 Å². The maximum Gasteiger partial charge on any atom is 0.317 e. The number of urea groups is 1. The number of hydrogen-bond donors (Lipinski definition) is 2. The molecule has 2 heterocycles. The van der Waals surface area contributed by atoms with Gasteiger partial charge in [-0.25, -0.2) is 4.79 Å². The topological polar surface area (TPSA) is 44.4 Å².